The van der Waals surface area contributed by atoms with Crippen molar-refractivity contribution in [3.05, 3.63) is 35.7 Å². The van der Waals surface area contributed by atoms with Crippen LogP contribution in [0.2, 0.25) is 0 Å². The van der Waals surface area contributed by atoms with Crippen molar-refractivity contribution in [2.75, 3.05) is 0 Å². The predicted octanol–water partition coefficient (Wildman–Crippen LogP) is 1.48. The number of aryl methyl sites for hydroxylation is 1. The number of hydrogen-bond donors (Lipinski definition) is 2. The molecule has 0 aliphatic rings. The zero-order chi connectivity index (χ0) is 10.8. The van der Waals surface area contributed by atoms with Gasteiger partial charge in [0.1, 0.15) is 5.56 Å². The maximum atomic E-state index is 10.9. The summed E-state index contributed by atoms with van der Waals surface area (Å²) in [6, 6.07) is 3.65. The van der Waals surface area contributed by atoms with E-state index in [-0.39, 0.29) is 5.56 Å². The minimum Gasteiger partial charge on any atom is -0.478 e. The lowest BCUT2D eigenvalue weighted by atomic mass is 10.1. The van der Waals surface area contributed by atoms with Crippen molar-refractivity contribution < 1.29 is 9.90 Å². The highest BCUT2D eigenvalue weighted by Crippen LogP contribution is 2.19. The summed E-state index contributed by atoms with van der Waals surface area (Å²) in [7, 11) is 0. The number of H-pyrrole nitrogens is 1. The van der Waals surface area contributed by atoms with Gasteiger partial charge in [-0.2, -0.15) is 5.10 Å². The van der Waals surface area contributed by atoms with Crippen molar-refractivity contribution in [3.63, 3.8) is 0 Å². The largest absolute Gasteiger partial charge is 0.478 e. The molecule has 0 aliphatic heterocycles. The number of aromatic nitrogens is 3. The fourth-order valence-corrected chi connectivity index (χ4v) is 1.32. The fourth-order valence-electron chi connectivity index (χ4n) is 1.32. The molecule has 15 heavy (non-hydrogen) atoms. The summed E-state index contributed by atoms with van der Waals surface area (Å²) < 4.78 is 0. The quantitative estimate of drug-likeness (QED) is 0.774. The summed E-state index contributed by atoms with van der Waals surface area (Å²) >= 11 is 0. The Morgan fingerprint density at radius 3 is 3.00 bits per heavy atom. The number of nitrogens with zero attached hydrogens (tertiary/aromatic N) is 2. The van der Waals surface area contributed by atoms with E-state index in [2.05, 4.69) is 15.2 Å². The van der Waals surface area contributed by atoms with Gasteiger partial charge in [-0.15, -0.1) is 0 Å². The number of aromatic amines is 1. The molecule has 0 saturated carbocycles. The summed E-state index contributed by atoms with van der Waals surface area (Å²) in [6.07, 6.45) is 2.92. The SMILES string of the molecule is Cc1ccnc(-c2[nH]ncc2C(=O)O)c1. The van der Waals surface area contributed by atoms with Gasteiger partial charge in [-0.3, -0.25) is 10.1 Å². The second kappa shape index (κ2) is 3.53. The van der Waals surface area contributed by atoms with E-state index in [1.54, 1.807) is 12.3 Å². The Labute approximate surface area is 85.8 Å². The van der Waals surface area contributed by atoms with E-state index in [0.717, 1.165) is 5.56 Å². The monoisotopic (exact) mass is 203 g/mol. The molecule has 0 bridgehead atoms. The smallest absolute Gasteiger partial charge is 0.339 e. The standard InChI is InChI=1S/C10H9N3O2/c1-6-2-3-11-8(4-6)9-7(10(14)15)5-12-13-9/h2-5H,1H3,(H,12,13)(H,14,15). The molecule has 0 amide bonds. The molecular formula is C10H9N3O2. The van der Waals surface area contributed by atoms with E-state index >= 15 is 0 Å². The first-order valence-electron chi connectivity index (χ1n) is 4.38. The second-order valence-electron chi connectivity index (χ2n) is 3.18. The van der Waals surface area contributed by atoms with E-state index in [1.807, 2.05) is 13.0 Å². The Kier molecular flexibility index (Phi) is 2.21. The van der Waals surface area contributed by atoms with Gasteiger partial charge in [0.2, 0.25) is 0 Å². The Bertz CT molecular complexity index is 505. The second-order valence-corrected chi connectivity index (χ2v) is 3.18. The van der Waals surface area contributed by atoms with Gasteiger partial charge in [-0.1, -0.05) is 0 Å². The van der Waals surface area contributed by atoms with Crippen LogP contribution >= 0.6 is 0 Å². The maximum absolute atomic E-state index is 10.9. The lowest BCUT2D eigenvalue weighted by Crippen LogP contribution is -1.97. The van der Waals surface area contributed by atoms with E-state index in [0.29, 0.717) is 11.4 Å². The van der Waals surface area contributed by atoms with Gasteiger partial charge in [-0.25, -0.2) is 4.79 Å². The molecule has 0 saturated heterocycles. The molecule has 2 heterocycles. The molecule has 5 heteroatoms. The van der Waals surface area contributed by atoms with Crippen LogP contribution in [0, 0.1) is 6.92 Å². The highest BCUT2D eigenvalue weighted by atomic mass is 16.4. The van der Waals surface area contributed by atoms with Crippen molar-refractivity contribution in [1.82, 2.24) is 15.2 Å². The molecule has 5 nitrogen and oxygen atoms in total. The summed E-state index contributed by atoms with van der Waals surface area (Å²) in [5.41, 5.74) is 2.18. The lowest BCUT2D eigenvalue weighted by molar-refractivity contribution is 0.0698. The predicted molar refractivity (Wildman–Crippen MR) is 53.5 cm³/mol. The van der Waals surface area contributed by atoms with Crippen molar-refractivity contribution in [2.24, 2.45) is 0 Å². The van der Waals surface area contributed by atoms with Crippen molar-refractivity contribution in [1.29, 1.82) is 0 Å². The normalized spacial score (nSPS) is 10.2. The zero-order valence-electron chi connectivity index (χ0n) is 8.06. The topological polar surface area (TPSA) is 78.9 Å². The van der Waals surface area contributed by atoms with Crippen molar-refractivity contribution in [2.45, 2.75) is 6.92 Å². The highest BCUT2D eigenvalue weighted by Gasteiger charge is 2.14. The first kappa shape index (κ1) is 9.39. The third-order valence-electron chi connectivity index (χ3n) is 2.04. The molecule has 0 unspecified atom stereocenters. The molecular weight excluding hydrogens is 194 g/mol. The van der Waals surface area contributed by atoms with E-state index in [9.17, 15) is 4.79 Å². The third kappa shape index (κ3) is 1.71. The van der Waals surface area contributed by atoms with Crippen LogP contribution in [0.5, 0.6) is 0 Å². The summed E-state index contributed by atoms with van der Waals surface area (Å²) in [4.78, 5) is 14.9. The number of pyridine rings is 1. The van der Waals surface area contributed by atoms with E-state index < -0.39 is 5.97 Å². The maximum Gasteiger partial charge on any atom is 0.339 e. The first-order valence-corrected chi connectivity index (χ1v) is 4.38. The average molecular weight is 203 g/mol. The number of hydrogen-bond acceptors (Lipinski definition) is 3. The van der Waals surface area contributed by atoms with Gasteiger partial charge in [0.25, 0.3) is 0 Å². The molecule has 0 atom stereocenters. The lowest BCUT2D eigenvalue weighted by Gasteiger charge is -1.99. The van der Waals surface area contributed by atoms with E-state index in [1.165, 1.54) is 6.20 Å². The molecule has 0 aromatic carbocycles. The third-order valence-corrected chi connectivity index (χ3v) is 2.04. The Morgan fingerprint density at radius 2 is 2.33 bits per heavy atom. The minimum absolute atomic E-state index is 0.133. The van der Waals surface area contributed by atoms with Gasteiger partial charge in [-0.05, 0) is 24.6 Å². The number of carboxylic acids is 1. The van der Waals surface area contributed by atoms with Crippen LogP contribution in [-0.2, 0) is 0 Å². The van der Waals surface area contributed by atoms with Crippen LogP contribution < -0.4 is 0 Å². The molecule has 0 spiro atoms. The number of rotatable bonds is 2. The van der Waals surface area contributed by atoms with Gasteiger partial charge < -0.3 is 5.11 Å². The molecule has 0 aliphatic carbocycles. The number of aromatic carboxylic acids is 1. The molecule has 2 aromatic heterocycles. The summed E-state index contributed by atoms with van der Waals surface area (Å²) in [5, 5.41) is 15.2. The molecule has 0 fully saturated rings. The fraction of sp³-hybridized carbons (Fsp3) is 0.100. The highest BCUT2D eigenvalue weighted by molar-refractivity contribution is 5.93. The molecule has 76 valence electrons. The molecule has 2 rings (SSSR count). The van der Waals surface area contributed by atoms with Crippen molar-refractivity contribution >= 4 is 5.97 Å². The van der Waals surface area contributed by atoms with Gasteiger partial charge in [0.15, 0.2) is 0 Å². The molecule has 2 aromatic rings. The zero-order valence-corrected chi connectivity index (χ0v) is 8.06. The Balaban J connectivity index is 2.54. The minimum atomic E-state index is -1.01. The Hall–Kier alpha value is -2.17. The first-order chi connectivity index (χ1) is 7.18. The Morgan fingerprint density at radius 1 is 1.53 bits per heavy atom. The number of nitrogens with one attached hydrogen (secondary N) is 1. The molecule has 0 radical (unpaired) electrons. The van der Waals surface area contributed by atoms with Crippen LogP contribution in [0.1, 0.15) is 15.9 Å². The van der Waals surface area contributed by atoms with Gasteiger partial charge in [0.05, 0.1) is 17.6 Å². The van der Waals surface area contributed by atoms with Crippen LogP contribution in [0.3, 0.4) is 0 Å². The summed E-state index contributed by atoms with van der Waals surface area (Å²) in [5.74, 6) is -1.01. The average Bonchev–Trinajstić information content (AvgIpc) is 2.65. The summed E-state index contributed by atoms with van der Waals surface area (Å²) in [6.45, 7) is 1.92. The van der Waals surface area contributed by atoms with Crippen molar-refractivity contribution in [3.8, 4) is 11.4 Å². The van der Waals surface area contributed by atoms with E-state index in [4.69, 9.17) is 5.11 Å². The van der Waals surface area contributed by atoms with Crippen LogP contribution in [0.25, 0.3) is 11.4 Å². The number of carbonyl (C=O) groups is 1. The molecule has 2 N–H and O–H groups in total. The van der Waals surface area contributed by atoms with Crippen LogP contribution in [-0.4, -0.2) is 26.3 Å². The van der Waals surface area contributed by atoms with Crippen LogP contribution in [0.4, 0.5) is 0 Å². The number of carboxylic acid groups (broad SMARTS) is 1. The van der Waals surface area contributed by atoms with Crippen LogP contribution in [0.15, 0.2) is 24.5 Å². The van der Waals surface area contributed by atoms with Gasteiger partial charge in [0, 0.05) is 6.20 Å². The van der Waals surface area contributed by atoms with Gasteiger partial charge >= 0.3 is 5.97 Å².